The highest BCUT2D eigenvalue weighted by atomic mass is 79.9. The van der Waals surface area contributed by atoms with Crippen LogP contribution in [-0.2, 0) is 0 Å². The third-order valence-electron chi connectivity index (χ3n) is 2.42. The molecule has 1 N–H and O–H groups in total. The Labute approximate surface area is 109 Å². The van der Waals surface area contributed by atoms with Crippen LogP contribution in [0.25, 0.3) is 16.9 Å². The van der Waals surface area contributed by atoms with Crippen molar-refractivity contribution in [3.05, 3.63) is 50.5 Å². The van der Waals surface area contributed by atoms with E-state index in [4.69, 9.17) is 16.0 Å². The molecule has 0 spiro atoms. The fraction of sp³-hybridized carbons (Fsp3) is 0. The molecule has 6 heteroatoms. The molecule has 86 valence electrons. The van der Waals surface area contributed by atoms with Crippen LogP contribution in [0.1, 0.15) is 0 Å². The second-order valence-corrected chi connectivity index (χ2v) is 4.79. The molecule has 0 radical (unpaired) electrons. The molecule has 0 fully saturated rings. The number of aromatic amines is 1. The molecule has 17 heavy (non-hydrogen) atoms. The van der Waals surface area contributed by atoms with E-state index < -0.39 is 0 Å². The van der Waals surface area contributed by atoms with Gasteiger partial charge in [-0.2, -0.15) is 0 Å². The van der Waals surface area contributed by atoms with Crippen molar-refractivity contribution >= 4 is 38.6 Å². The molecule has 0 amide bonds. The third kappa shape index (κ3) is 1.71. The molecule has 0 atom stereocenters. The maximum Gasteiger partial charge on any atom is 0.333 e. The van der Waals surface area contributed by atoms with Crippen LogP contribution in [0.3, 0.4) is 0 Å². The van der Waals surface area contributed by atoms with Gasteiger partial charge in [-0.05, 0) is 35.9 Å². The number of aromatic nitrogens is 2. The fourth-order valence-corrected chi connectivity index (χ4v) is 2.23. The summed E-state index contributed by atoms with van der Waals surface area (Å²) in [5, 5.41) is 0.248. The van der Waals surface area contributed by atoms with E-state index in [1.54, 1.807) is 12.1 Å². The van der Waals surface area contributed by atoms with Gasteiger partial charge >= 0.3 is 5.69 Å². The number of imidazole rings is 1. The second kappa shape index (κ2) is 3.78. The number of furan rings is 1. The Morgan fingerprint density at radius 3 is 2.82 bits per heavy atom. The molecule has 0 bridgehead atoms. The summed E-state index contributed by atoms with van der Waals surface area (Å²) in [5.41, 5.74) is 1.21. The van der Waals surface area contributed by atoms with E-state index in [2.05, 4.69) is 20.9 Å². The van der Waals surface area contributed by atoms with E-state index in [9.17, 15) is 4.79 Å². The van der Waals surface area contributed by atoms with Gasteiger partial charge in [0.2, 0.25) is 5.88 Å². The van der Waals surface area contributed by atoms with Gasteiger partial charge in [0.15, 0.2) is 5.22 Å². The second-order valence-electron chi connectivity index (χ2n) is 3.50. The van der Waals surface area contributed by atoms with Crippen molar-refractivity contribution in [2.24, 2.45) is 0 Å². The van der Waals surface area contributed by atoms with Gasteiger partial charge in [-0.15, -0.1) is 0 Å². The van der Waals surface area contributed by atoms with Crippen molar-refractivity contribution in [2.45, 2.75) is 0 Å². The summed E-state index contributed by atoms with van der Waals surface area (Å²) in [4.78, 5) is 14.6. The molecular weight excluding hydrogens is 307 g/mol. The Kier molecular flexibility index (Phi) is 2.38. The van der Waals surface area contributed by atoms with E-state index in [-0.39, 0.29) is 10.9 Å². The smallest absolute Gasteiger partial charge is 0.333 e. The van der Waals surface area contributed by atoms with Crippen LogP contribution in [-0.4, -0.2) is 9.55 Å². The van der Waals surface area contributed by atoms with Crippen molar-refractivity contribution in [1.82, 2.24) is 9.55 Å². The molecule has 0 unspecified atom stereocenters. The van der Waals surface area contributed by atoms with Crippen LogP contribution >= 0.6 is 27.5 Å². The number of nitrogens with zero attached hydrogens (tertiary/aromatic N) is 1. The maximum absolute atomic E-state index is 11.8. The summed E-state index contributed by atoms with van der Waals surface area (Å²) < 4.78 is 7.58. The zero-order valence-corrected chi connectivity index (χ0v) is 10.7. The highest BCUT2D eigenvalue weighted by Crippen LogP contribution is 2.22. The Bertz CT molecular complexity index is 756. The molecule has 0 saturated carbocycles. The van der Waals surface area contributed by atoms with Crippen LogP contribution in [0.4, 0.5) is 0 Å². The minimum absolute atomic E-state index is 0.248. The van der Waals surface area contributed by atoms with E-state index in [0.29, 0.717) is 5.88 Å². The molecule has 0 aliphatic rings. The molecule has 1 aromatic carbocycles. The van der Waals surface area contributed by atoms with Gasteiger partial charge in [0.25, 0.3) is 0 Å². The highest BCUT2D eigenvalue weighted by Gasteiger charge is 2.11. The van der Waals surface area contributed by atoms with Crippen LogP contribution in [0.5, 0.6) is 0 Å². The number of H-pyrrole nitrogens is 1. The average molecular weight is 314 g/mol. The lowest BCUT2D eigenvalue weighted by molar-refractivity contribution is 0.540. The Balaban J connectivity index is 2.36. The molecule has 3 rings (SSSR count). The van der Waals surface area contributed by atoms with Crippen molar-refractivity contribution in [3.8, 4) is 5.88 Å². The molecule has 2 aromatic heterocycles. The molecule has 2 heterocycles. The van der Waals surface area contributed by atoms with Crippen LogP contribution in [0.15, 0.2) is 44.0 Å². The molecule has 4 nitrogen and oxygen atoms in total. The first-order chi connectivity index (χ1) is 8.15. The summed E-state index contributed by atoms with van der Waals surface area (Å²) in [6.45, 7) is 0. The lowest BCUT2D eigenvalue weighted by Crippen LogP contribution is -2.13. The number of hydrogen-bond donors (Lipinski definition) is 1. The van der Waals surface area contributed by atoms with Crippen molar-refractivity contribution in [3.63, 3.8) is 0 Å². The first-order valence-electron chi connectivity index (χ1n) is 4.81. The topological polar surface area (TPSA) is 50.9 Å². The van der Waals surface area contributed by atoms with Crippen LogP contribution in [0.2, 0.25) is 5.22 Å². The van der Waals surface area contributed by atoms with Gasteiger partial charge in [0.05, 0.1) is 11.0 Å². The van der Waals surface area contributed by atoms with Crippen LogP contribution in [0, 0.1) is 0 Å². The third-order valence-corrected chi connectivity index (χ3v) is 3.12. The van der Waals surface area contributed by atoms with Gasteiger partial charge in [0, 0.05) is 10.5 Å². The number of rotatable bonds is 1. The quantitative estimate of drug-likeness (QED) is 0.749. The summed E-state index contributed by atoms with van der Waals surface area (Å²) in [6.07, 6.45) is 0. The summed E-state index contributed by atoms with van der Waals surface area (Å²) >= 11 is 9.06. The largest absolute Gasteiger partial charge is 0.428 e. The predicted octanol–water partition coefficient (Wildman–Crippen LogP) is 3.33. The number of fused-ring (bicyclic) bond motifs is 1. The Hall–Kier alpha value is -1.46. The molecule has 0 aliphatic carbocycles. The summed E-state index contributed by atoms with van der Waals surface area (Å²) in [5.74, 6) is 0.397. The van der Waals surface area contributed by atoms with Crippen LogP contribution < -0.4 is 5.69 Å². The van der Waals surface area contributed by atoms with Crippen molar-refractivity contribution in [2.75, 3.05) is 0 Å². The predicted molar refractivity (Wildman–Crippen MR) is 68.9 cm³/mol. The average Bonchev–Trinajstić information content (AvgIpc) is 2.80. The highest BCUT2D eigenvalue weighted by molar-refractivity contribution is 9.10. The first-order valence-corrected chi connectivity index (χ1v) is 5.98. The van der Waals surface area contributed by atoms with E-state index >= 15 is 0 Å². The number of nitrogens with one attached hydrogen (secondary N) is 1. The normalized spacial score (nSPS) is 11.2. The molecular formula is C11H6BrClN2O2. The molecule has 0 saturated heterocycles. The number of halogens is 2. The standard InChI is InChI=1S/C11H6BrClN2O2/c12-6-1-2-8-7(5-6)14-11(16)15(8)10-4-3-9(13)17-10/h1-5H,(H,14,16). The molecule has 3 aromatic rings. The number of benzene rings is 1. The Morgan fingerprint density at radius 1 is 1.29 bits per heavy atom. The van der Waals surface area contributed by atoms with E-state index in [1.165, 1.54) is 4.57 Å². The van der Waals surface area contributed by atoms with Gasteiger partial charge < -0.3 is 9.40 Å². The fourth-order valence-electron chi connectivity index (χ4n) is 1.73. The zero-order chi connectivity index (χ0) is 12.0. The zero-order valence-electron chi connectivity index (χ0n) is 8.41. The lowest BCUT2D eigenvalue weighted by Gasteiger charge is -1.98. The van der Waals surface area contributed by atoms with E-state index in [0.717, 1.165) is 15.5 Å². The SMILES string of the molecule is O=c1[nH]c2cc(Br)ccc2n1-c1ccc(Cl)o1. The monoisotopic (exact) mass is 312 g/mol. The summed E-state index contributed by atoms with van der Waals surface area (Å²) in [7, 11) is 0. The lowest BCUT2D eigenvalue weighted by atomic mass is 10.3. The van der Waals surface area contributed by atoms with Gasteiger partial charge in [-0.1, -0.05) is 15.9 Å². The Morgan fingerprint density at radius 2 is 2.12 bits per heavy atom. The van der Waals surface area contributed by atoms with Crippen molar-refractivity contribution < 1.29 is 4.42 Å². The van der Waals surface area contributed by atoms with E-state index in [1.807, 2.05) is 18.2 Å². The first kappa shape index (κ1) is 10.7. The molecule has 0 aliphatic heterocycles. The maximum atomic E-state index is 11.8. The van der Waals surface area contributed by atoms with Gasteiger partial charge in [-0.3, -0.25) is 0 Å². The van der Waals surface area contributed by atoms with Crippen molar-refractivity contribution in [1.29, 1.82) is 0 Å². The minimum Gasteiger partial charge on any atom is -0.428 e. The van der Waals surface area contributed by atoms with Gasteiger partial charge in [-0.25, -0.2) is 9.36 Å². The van der Waals surface area contributed by atoms with Gasteiger partial charge in [0.1, 0.15) is 0 Å². The minimum atomic E-state index is -0.260. The number of hydrogen-bond acceptors (Lipinski definition) is 2. The summed E-state index contributed by atoms with van der Waals surface area (Å²) in [6, 6.07) is 8.77.